The highest BCUT2D eigenvalue weighted by atomic mass is 32.2. The van der Waals surface area contributed by atoms with Crippen LogP contribution in [0.15, 0.2) is 18.2 Å². The second-order valence-electron chi connectivity index (χ2n) is 8.69. The Kier molecular flexibility index (Phi) is 7.60. The lowest BCUT2D eigenvalue weighted by molar-refractivity contribution is -0.385. The second-order valence-corrected chi connectivity index (χ2v) is 12.0. The number of nitrogens with one attached hydrogen (secondary N) is 1. The molecule has 1 aromatic carbocycles. The van der Waals surface area contributed by atoms with Gasteiger partial charge in [0.15, 0.2) is 0 Å². The van der Waals surface area contributed by atoms with Crippen LogP contribution in [0, 0.1) is 27.3 Å². The van der Waals surface area contributed by atoms with Gasteiger partial charge in [-0.2, -0.15) is 5.26 Å². The number of nitro groups is 1. The van der Waals surface area contributed by atoms with Crippen LogP contribution in [0.2, 0.25) is 0 Å². The lowest BCUT2D eigenvalue weighted by Gasteiger charge is -2.38. The summed E-state index contributed by atoms with van der Waals surface area (Å²) in [5.74, 6) is -0.340. The van der Waals surface area contributed by atoms with Gasteiger partial charge in [-0.15, -0.1) is 16.5 Å². The first-order valence-corrected chi connectivity index (χ1v) is 11.8. The molecule has 0 aromatic heterocycles. The van der Waals surface area contributed by atoms with Gasteiger partial charge in [0.05, 0.1) is 16.5 Å². The SMILES string of the molecule is CC(C)(C)[S+]([O-])N[C@](C)(CSC1(C#N)CCCCC1)c1cc([N+](=O)[O-])ccc1F. The van der Waals surface area contributed by atoms with Crippen LogP contribution in [0.1, 0.15) is 65.4 Å². The number of thioether (sulfide) groups is 1. The lowest BCUT2D eigenvalue weighted by Crippen LogP contribution is -2.52. The molecule has 0 spiro atoms. The minimum Gasteiger partial charge on any atom is -0.598 e. The Bertz CT molecular complexity index is 788. The summed E-state index contributed by atoms with van der Waals surface area (Å²) in [7, 11) is 0. The Morgan fingerprint density at radius 2 is 1.93 bits per heavy atom. The van der Waals surface area contributed by atoms with Gasteiger partial charge < -0.3 is 4.55 Å². The molecule has 29 heavy (non-hydrogen) atoms. The van der Waals surface area contributed by atoms with E-state index < -0.39 is 37.1 Å². The molecule has 2 atom stereocenters. The Morgan fingerprint density at radius 1 is 1.31 bits per heavy atom. The molecular formula is C20H28FN3O3S2. The summed E-state index contributed by atoms with van der Waals surface area (Å²) >= 11 is -0.110. The topological polar surface area (TPSA) is 102 Å². The molecule has 0 radical (unpaired) electrons. The number of rotatable bonds is 7. The number of benzene rings is 1. The summed E-state index contributed by atoms with van der Waals surface area (Å²) in [6, 6.07) is 5.81. The van der Waals surface area contributed by atoms with E-state index in [4.69, 9.17) is 0 Å². The van der Waals surface area contributed by atoms with Crippen LogP contribution < -0.4 is 4.72 Å². The van der Waals surface area contributed by atoms with Crippen LogP contribution in [-0.2, 0) is 16.9 Å². The number of hydrogen-bond donors (Lipinski definition) is 1. The molecule has 1 aliphatic rings. The van der Waals surface area contributed by atoms with Crippen LogP contribution in [0.5, 0.6) is 0 Å². The average Bonchev–Trinajstić information content (AvgIpc) is 2.66. The summed E-state index contributed by atoms with van der Waals surface area (Å²) < 4.78 is 29.5. The molecule has 160 valence electrons. The largest absolute Gasteiger partial charge is 0.598 e. The number of nitriles is 1. The molecule has 6 nitrogen and oxygen atoms in total. The number of hydrogen-bond acceptors (Lipinski definition) is 6. The Balaban J connectivity index is 2.42. The van der Waals surface area contributed by atoms with E-state index >= 15 is 0 Å². The highest BCUT2D eigenvalue weighted by molar-refractivity contribution is 8.01. The minimum absolute atomic E-state index is 0.0840. The molecule has 1 N–H and O–H groups in total. The predicted molar refractivity (Wildman–Crippen MR) is 115 cm³/mol. The van der Waals surface area contributed by atoms with Crippen LogP contribution in [0.3, 0.4) is 0 Å². The summed E-state index contributed by atoms with van der Waals surface area (Å²) in [5.41, 5.74) is -1.30. The molecule has 1 aromatic rings. The summed E-state index contributed by atoms with van der Waals surface area (Å²) in [5, 5.41) is 21.0. The van der Waals surface area contributed by atoms with Gasteiger partial charge >= 0.3 is 0 Å². The van der Waals surface area contributed by atoms with E-state index in [1.54, 1.807) is 27.7 Å². The Morgan fingerprint density at radius 3 is 2.45 bits per heavy atom. The highest BCUT2D eigenvalue weighted by Crippen LogP contribution is 2.43. The van der Waals surface area contributed by atoms with Crippen molar-refractivity contribution in [1.29, 1.82) is 5.26 Å². The molecule has 0 bridgehead atoms. The van der Waals surface area contributed by atoms with Crippen molar-refractivity contribution in [3.8, 4) is 6.07 Å². The van der Waals surface area contributed by atoms with E-state index in [1.165, 1.54) is 17.8 Å². The molecule has 9 heteroatoms. The summed E-state index contributed by atoms with van der Waals surface area (Å²) in [4.78, 5) is 10.7. The van der Waals surface area contributed by atoms with E-state index in [-0.39, 0.29) is 17.0 Å². The average molecular weight is 442 g/mol. The Labute approximate surface area is 179 Å². The molecule has 1 unspecified atom stereocenters. The van der Waals surface area contributed by atoms with Crippen LogP contribution in [-0.4, -0.2) is 24.7 Å². The van der Waals surface area contributed by atoms with Crippen molar-refractivity contribution in [2.24, 2.45) is 0 Å². The quantitative estimate of drug-likeness (QED) is 0.364. The first kappa shape index (κ1) is 23.9. The fourth-order valence-electron chi connectivity index (χ4n) is 3.26. The zero-order valence-electron chi connectivity index (χ0n) is 17.3. The maximum Gasteiger partial charge on any atom is 0.269 e. The van der Waals surface area contributed by atoms with Gasteiger partial charge in [0, 0.05) is 34.8 Å². The van der Waals surface area contributed by atoms with Crippen molar-refractivity contribution in [3.63, 3.8) is 0 Å². The van der Waals surface area contributed by atoms with Crippen LogP contribution in [0.25, 0.3) is 0 Å². The van der Waals surface area contributed by atoms with Gasteiger partial charge in [-0.3, -0.25) is 10.1 Å². The third kappa shape index (κ3) is 5.85. The van der Waals surface area contributed by atoms with E-state index in [9.17, 15) is 24.3 Å². The van der Waals surface area contributed by atoms with Gasteiger partial charge in [-0.25, -0.2) is 4.39 Å². The first-order valence-electron chi connectivity index (χ1n) is 9.62. The second kappa shape index (κ2) is 9.21. The van der Waals surface area contributed by atoms with Gasteiger partial charge in [-0.1, -0.05) is 19.3 Å². The Hall–Kier alpha value is -1.34. The smallest absolute Gasteiger partial charge is 0.269 e. The molecule has 0 aliphatic heterocycles. The first-order chi connectivity index (χ1) is 13.4. The zero-order valence-corrected chi connectivity index (χ0v) is 18.9. The molecule has 2 rings (SSSR count). The number of halogens is 1. The molecule has 1 fully saturated rings. The maximum absolute atomic E-state index is 14.8. The van der Waals surface area contributed by atoms with Gasteiger partial charge in [-0.05, 0) is 46.6 Å². The van der Waals surface area contributed by atoms with Crippen molar-refractivity contribution in [1.82, 2.24) is 4.72 Å². The highest BCUT2D eigenvalue weighted by Gasteiger charge is 2.42. The van der Waals surface area contributed by atoms with E-state index in [2.05, 4.69) is 10.8 Å². The summed E-state index contributed by atoms with van der Waals surface area (Å²) in [6.07, 6.45) is 4.52. The fraction of sp³-hybridized carbons (Fsp3) is 0.650. The van der Waals surface area contributed by atoms with Crippen molar-refractivity contribution in [2.75, 3.05) is 5.75 Å². The molecule has 0 saturated heterocycles. The van der Waals surface area contributed by atoms with Crippen LogP contribution >= 0.6 is 11.8 Å². The maximum atomic E-state index is 14.8. The van der Waals surface area contributed by atoms with Crippen molar-refractivity contribution < 1.29 is 13.9 Å². The van der Waals surface area contributed by atoms with E-state index in [0.29, 0.717) is 0 Å². The molecule has 0 heterocycles. The fourth-order valence-corrected chi connectivity index (χ4v) is 5.69. The summed E-state index contributed by atoms with van der Waals surface area (Å²) in [6.45, 7) is 7.09. The number of non-ortho nitro benzene ring substituents is 1. The van der Waals surface area contributed by atoms with Gasteiger partial charge in [0.1, 0.15) is 15.3 Å². The van der Waals surface area contributed by atoms with Crippen LogP contribution in [0.4, 0.5) is 10.1 Å². The predicted octanol–water partition coefficient (Wildman–Crippen LogP) is 4.96. The number of nitrogens with zero attached hydrogens (tertiary/aromatic N) is 2. The van der Waals surface area contributed by atoms with Crippen molar-refractivity contribution >= 4 is 28.8 Å². The normalized spacial score (nSPS) is 19.8. The third-order valence-corrected chi connectivity index (χ3v) is 8.65. The van der Waals surface area contributed by atoms with E-state index in [1.807, 2.05) is 0 Å². The van der Waals surface area contributed by atoms with Gasteiger partial charge in [0.25, 0.3) is 5.69 Å². The third-order valence-electron chi connectivity index (χ3n) is 5.13. The molecule has 0 amide bonds. The lowest BCUT2D eigenvalue weighted by atomic mass is 9.89. The number of nitro benzene ring substituents is 1. The van der Waals surface area contributed by atoms with Crippen molar-refractivity contribution in [2.45, 2.75) is 74.8 Å². The van der Waals surface area contributed by atoms with Gasteiger partial charge in [0.2, 0.25) is 0 Å². The van der Waals surface area contributed by atoms with E-state index in [0.717, 1.165) is 44.2 Å². The zero-order chi connectivity index (χ0) is 21.9. The molecular weight excluding hydrogens is 413 g/mol. The minimum atomic E-state index is -1.54. The monoisotopic (exact) mass is 441 g/mol. The van der Waals surface area contributed by atoms with Crippen molar-refractivity contribution in [3.05, 3.63) is 39.7 Å². The standard InChI is InChI=1S/C20H28FN3O3S2/c1-18(2,3)29(27)23-19(4,14-28-20(13-22)10-6-5-7-11-20)16-12-15(24(25)26)8-9-17(16)21/h8-9,12,23H,5-7,10-11,14H2,1-4H3/t19-,29?/m1/s1. The molecule has 1 aliphatic carbocycles. The molecule has 1 saturated carbocycles.